The summed E-state index contributed by atoms with van der Waals surface area (Å²) < 4.78 is 5.06. The highest BCUT2D eigenvalue weighted by Crippen LogP contribution is 1.99. The van der Waals surface area contributed by atoms with Crippen molar-refractivity contribution in [3.8, 4) is 0 Å². The minimum Gasteiger partial charge on any atom is -0.459 e. The highest BCUT2D eigenvalue weighted by molar-refractivity contribution is 6.52. The predicted octanol–water partition coefficient (Wildman–Crippen LogP) is 0.778. The molecule has 3 heteroatoms. The summed E-state index contributed by atoms with van der Waals surface area (Å²) in [7, 11) is 1.91. The van der Waals surface area contributed by atoms with Crippen molar-refractivity contribution >= 4 is 19.0 Å². The first kappa shape index (κ1) is 7.13. The number of carbonyl (C=O) groups excluding carboxylic acids is 1. The molecule has 0 saturated carbocycles. The molecule has 2 nitrogen and oxygen atoms in total. The Labute approximate surface area is 60.5 Å². The minimum atomic E-state index is 0.394. The molecule has 0 amide bonds. The number of furan rings is 1. The number of hydrogen-bond acceptors (Lipinski definition) is 2. The smallest absolute Gasteiger partial charge is 0.185 e. The van der Waals surface area contributed by atoms with E-state index >= 15 is 0 Å². The lowest BCUT2D eigenvalue weighted by atomic mass is 9.73. The Morgan fingerprint density at radius 1 is 1.70 bits per heavy atom. The van der Waals surface area contributed by atoms with Gasteiger partial charge in [-0.15, -0.1) is 0 Å². The molecule has 0 aliphatic rings. The molecule has 0 aromatic carbocycles. The molecule has 1 radical (unpaired) electrons. The van der Waals surface area contributed by atoms with Crippen LogP contribution in [0.2, 0.25) is 6.82 Å². The third-order valence-electron chi connectivity index (χ3n) is 1.40. The van der Waals surface area contributed by atoms with Crippen molar-refractivity contribution in [3.05, 3.63) is 17.6 Å². The summed E-state index contributed by atoms with van der Waals surface area (Å²) in [5.41, 5.74) is 0.988. The Morgan fingerprint density at radius 2 is 2.40 bits per heavy atom. The average molecular weight is 135 g/mol. The SMILES string of the molecule is C[B]c1cc(C=O)oc1C. The van der Waals surface area contributed by atoms with Gasteiger partial charge < -0.3 is 4.42 Å². The van der Waals surface area contributed by atoms with Crippen LogP contribution in [-0.4, -0.2) is 13.6 Å². The summed E-state index contributed by atoms with van der Waals surface area (Å²) in [4.78, 5) is 10.2. The Hall–Kier alpha value is -0.985. The van der Waals surface area contributed by atoms with E-state index in [2.05, 4.69) is 0 Å². The van der Waals surface area contributed by atoms with Gasteiger partial charge in [-0.25, -0.2) is 0 Å². The van der Waals surface area contributed by atoms with Crippen LogP contribution in [0.25, 0.3) is 0 Å². The molecule has 1 aromatic heterocycles. The Balaban J connectivity index is 3.03. The van der Waals surface area contributed by atoms with Crippen molar-refractivity contribution in [2.75, 3.05) is 0 Å². The van der Waals surface area contributed by atoms with Crippen LogP contribution in [0.3, 0.4) is 0 Å². The monoisotopic (exact) mass is 135 g/mol. The molecular weight excluding hydrogens is 127 g/mol. The van der Waals surface area contributed by atoms with Gasteiger partial charge in [0.1, 0.15) is 0 Å². The predicted molar refractivity (Wildman–Crippen MR) is 40.1 cm³/mol. The molecule has 0 spiro atoms. The van der Waals surface area contributed by atoms with Crippen LogP contribution in [0.5, 0.6) is 0 Å². The van der Waals surface area contributed by atoms with Crippen molar-refractivity contribution in [2.24, 2.45) is 0 Å². The number of rotatable bonds is 2. The summed E-state index contributed by atoms with van der Waals surface area (Å²) in [5, 5.41) is 0. The zero-order chi connectivity index (χ0) is 7.56. The lowest BCUT2D eigenvalue weighted by Crippen LogP contribution is -2.09. The fourth-order valence-corrected chi connectivity index (χ4v) is 0.865. The molecule has 0 bridgehead atoms. The van der Waals surface area contributed by atoms with Crippen molar-refractivity contribution in [3.63, 3.8) is 0 Å². The van der Waals surface area contributed by atoms with E-state index in [0.29, 0.717) is 12.0 Å². The molecule has 1 rings (SSSR count). The summed E-state index contributed by atoms with van der Waals surface area (Å²) in [6, 6.07) is 1.72. The number of hydrogen-bond donors (Lipinski definition) is 0. The number of carbonyl (C=O) groups is 1. The molecule has 10 heavy (non-hydrogen) atoms. The van der Waals surface area contributed by atoms with Gasteiger partial charge in [0.25, 0.3) is 0 Å². The van der Waals surface area contributed by atoms with E-state index in [1.54, 1.807) is 6.07 Å². The average Bonchev–Trinajstić information content (AvgIpc) is 2.30. The number of aldehydes is 1. The molecule has 0 aliphatic heterocycles. The van der Waals surface area contributed by atoms with Crippen LogP contribution in [0.1, 0.15) is 16.3 Å². The van der Waals surface area contributed by atoms with Gasteiger partial charge in [0.2, 0.25) is 0 Å². The van der Waals surface area contributed by atoms with Crippen LogP contribution >= 0.6 is 0 Å². The maximum Gasteiger partial charge on any atom is 0.185 e. The Bertz CT molecular complexity index is 240. The van der Waals surface area contributed by atoms with E-state index in [9.17, 15) is 4.79 Å². The van der Waals surface area contributed by atoms with Crippen molar-refractivity contribution in [1.29, 1.82) is 0 Å². The van der Waals surface area contributed by atoms with Gasteiger partial charge in [-0.2, -0.15) is 0 Å². The fourth-order valence-electron chi connectivity index (χ4n) is 0.865. The normalized spacial score (nSPS) is 9.40. The van der Waals surface area contributed by atoms with Gasteiger partial charge in [-0.05, 0) is 18.5 Å². The second-order valence-corrected chi connectivity index (χ2v) is 2.07. The van der Waals surface area contributed by atoms with Gasteiger partial charge in [0.15, 0.2) is 19.3 Å². The molecule has 0 fully saturated rings. The van der Waals surface area contributed by atoms with Gasteiger partial charge in [0.05, 0.1) is 5.76 Å². The van der Waals surface area contributed by atoms with E-state index in [4.69, 9.17) is 4.42 Å². The maximum atomic E-state index is 10.2. The summed E-state index contributed by atoms with van der Waals surface area (Å²) in [6.45, 7) is 3.74. The van der Waals surface area contributed by atoms with Crippen LogP contribution in [-0.2, 0) is 0 Å². The van der Waals surface area contributed by atoms with Gasteiger partial charge in [0, 0.05) is 0 Å². The summed E-state index contributed by atoms with van der Waals surface area (Å²) in [6.07, 6.45) is 0.708. The summed E-state index contributed by atoms with van der Waals surface area (Å²) >= 11 is 0. The standard InChI is InChI=1S/C7H8BO2/c1-5-7(8-2)3-6(4-9)10-5/h3-4H,1-2H3. The van der Waals surface area contributed by atoms with Crippen molar-refractivity contribution in [2.45, 2.75) is 13.7 Å². The van der Waals surface area contributed by atoms with Gasteiger partial charge in [-0.1, -0.05) is 6.82 Å². The van der Waals surface area contributed by atoms with Crippen LogP contribution in [0.4, 0.5) is 0 Å². The highest BCUT2D eigenvalue weighted by Gasteiger charge is 2.03. The van der Waals surface area contributed by atoms with E-state index in [-0.39, 0.29) is 0 Å². The van der Waals surface area contributed by atoms with Crippen molar-refractivity contribution in [1.82, 2.24) is 0 Å². The Morgan fingerprint density at radius 3 is 2.70 bits per heavy atom. The van der Waals surface area contributed by atoms with E-state index in [1.165, 1.54) is 0 Å². The molecule has 0 atom stereocenters. The molecule has 51 valence electrons. The fraction of sp³-hybridized carbons (Fsp3) is 0.286. The van der Waals surface area contributed by atoms with Crippen molar-refractivity contribution < 1.29 is 9.21 Å². The molecule has 1 aromatic rings. The second kappa shape index (κ2) is 2.73. The first-order valence-electron chi connectivity index (χ1n) is 3.13. The first-order valence-corrected chi connectivity index (χ1v) is 3.13. The lowest BCUT2D eigenvalue weighted by molar-refractivity contribution is 0.109. The quantitative estimate of drug-likeness (QED) is 0.443. The van der Waals surface area contributed by atoms with Crippen LogP contribution in [0.15, 0.2) is 10.5 Å². The summed E-state index contributed by atoms with van der Waals surface area (Å²) in [5.74, 6) is 1.19. The Kier molecular flexibility index (Phi) is 1.95. The molecular formula is C7H8BO2. The van der Waals surface area contributed by atoms with Crippen LogP contribution in [0, 0.1) is 6.92 Å². The topological polar surface area (TPSA) is 30.2 Å². The highest BCUT2D eigenvalue weighted by atomic mass is 16.3. The van der Waals surface area contributed by atoms with E-state index in [0.717, 1.165) is 11.2 Å². The molecule has 0 saturated heterocycles. The zero-order valence-corrected chi connectivity index (χ0v) is 6.05. The number of aryl methyl sites for hydroxylation is 1. The third kappa shape index (κ3) is 1.13. The zero-order valence-electron chi connectivity index (χ0n) is 6.05. The maximum absolute atomic E-state index is 10.2. The first-order chi connectivity index (χ1) is 4.77. The van der Waals surface area contributed by atoms with Gasteiger partial charge >= 0.3 is 0 Å². The van der Waals surface area contributed by atoms with E-state index < -0.39 is 0 Å². The molecule has 0 N–H and O–H groups in total. The van der Waals surface area contributed by atoms with E-state index in [1.807, 2.05) is 21.0 Å². The second-order valence-electron chi connectivity index (χ2n) is 2.07. The lowest BCUT2D eigenvalue weighted by Gasteiger charge is -1.85. The molecule has 1 heterocycles. The van der Waals surface area contributed by atoms with Crippen LogP contribution < -0.4 is 5.46 Å². The molecule has 0 aliphatic carbocycles. The third-order valence-corrected chi connectivity index (χ3v) is 1.40. The largest absolute Gasteiger partial charge is 0.459 e. The minimum absolute atomic E-state index is 0.394. The molecule has 0 unspecified atom stereocenters. The van der Waals surface area contributed by atoms with Gasteiger partial charge in [-0.3, -0.25) is 4.79 Å².